The summed E-state index contributed by atoms with van der Waals surface area (Å²) < 4.78 is 0. The Morgan fingerprint density at radius 1 is 1.45 bits per heavy atom. The zero-order chi connectivity index (χ0) is 15.1. The first-order valence-corrected chi connectivity index (χ1v) is 7.77. The average Bonchev–Trinajstić information content (AvgIpc) is 2.79. The van der Waals surface area contributed by atoms with Crippen LogP contribution >= 0.6 is 0 Å². The number of carbonyl (C=O) groups is 1. The number of carbonyl (C=O) groups excluding carboxylic acids is 1. The van der Waals surface area contributed by atoms with Gasteiger partial charge in [-0.3, -0.25) is 0 Å². The average molecular weight is 285 g/mol. The van der Waals surface area contributed by atoms with E-state index in [0.29, 0.717) is 24.8 Å². The highest BCUT2D eigenvalue weighted by Gasteiger charge is 2.23. The molecule has 2 atom stereocenters. The van der Waals surface area contributed by atoms with E-state index in [-0.39, 0.29) is 12.1 Å². The molecule has 0 aromatic rings. The largest absolute Gasteiger partial charge is 0.393 e. The van der Waals surface area contributed by atoms with E-state index in [1.807, 2.05) is 0 Å². The molecule has 2 amide bonds. The van der Waals surface area contributed by atoms with Crippen LogP contribution in [0.2, 0.25) is 0 Å². The van der Waals surface area contributed by atoms with Crippen molar-refractivity contribution in [2.45, 2.75) is 39.7 Å². The van der Waals surface area contributed by atoms with Gasteiger partial charge in [-0.2, -0.15) is 0 Å². The quantitative estimate of drug-likeness (QED) is 0.743. The number of hydrogen-bond acceptors (Lipinski definition) is 3. The van der Waals surface area contributed by atoms with E-state index in [0.717, 1.165) is 26.2 Å². The van der Waals surface area contributed by atoms with Crippen LogP contribution in [0, 0.1) is 11.8 Å². The van der Waals surface area contributed by atoms with Crippen molar-refractivity contribution in [2.75, 3.05) is 39.8 Å². The van der Waals surface area contributed by atoms with Crippen molar-refractivity contribution in [1.29, 1.82) is 0 Å². The van der Waals surface area contributed by atoms with E-state index in [4.69, 9.17) is 0 Å². The van der Waals surface area contributed by atoms with Crippen molar-refractivity contribution in [2.24, 2.45) is 11.8 Å². The molecule has 1 saturated heterocycles. The van der Waals surface area contributed by atoms with E-state index in [1.165, 1.54) is 6.42 Å². The van der Waals surface area contributed by atoms with Crippen molar-refractivity contribution in [3.8, 4) is 0 Å². The van der Waals surface area contributed by atoms with E-state index < -0.39 is 0 Å². The fraction of sp³-hybridized carbons (Fsp3) is 0.933. The Balaban J connectivity index is 2.18. The van der Waals surface area contributed by atoms with Crippen molar-refractivity contribution >= 4 is 6.03 Å². The van der Waals surface area contributed by atoms with Crippen LogP contribution in [0.1, 0.15) is 33.6 Å². The second kappa shape index (κ2) is 8.47. The number of aliphatic hydroxyl groups excluding tert-OH is 1. The summed E-state index contributed by atoms with van der Waals surface area (Å²) in [6.45, 7) is 11.0. The van der Waals surface area contributed by atoms with Gasteiger partial charge in [0, 0.05) is 33.2 Å². The van der Waals surface area contributed by atoms with Gasteiger partial charge in [-0.25, -0.2) is 4.79 Å². The smallest absolute Gasteiger partial charge is 0.317 e. The van der Waals surface area contributed by atoms with Gasteiger partial charge in [-0.05, 0) is 38.1 Å². The minimum Gasteiger partial charge on any atom is -0.393 e. The van der Waals surface area contributed by atoms with Crippen molar-refractivity contribution in [1.82, 2.24) is 15.1 Å². The molecule has 1 rings (SSSR count). The summed E-state index contributed by atoms with van der Waals surface area (Å²) in [5.74, 6) is 1.28. The molecule has 5 heteroatoms. The molecule has 2 unspecified atom stereocenters. The maximum atomic E-state index is 11.9. The summed E-state index contributed by atoms with van der Waals surface area (Å²) in [6.07, 6.45) is 1.43. The van der Waals surface area contributed by atoms with Gasteiger partial charge in [-0.15, -0.1) is 0 Å². The fourth-order valence-corrected chi connectivity index (χ4v) is 2.61. The monoisotopic (exact) mass is 285 g/mol. The summed E-state index contributed by atoms with van der Waals surface area (Å²) >= 11 is 0. The molecular weight excluding hydrogens is 254 g/mol. The highest BCUT2D eigenvalue weighted by molar-refractivity contribution is 5.73. The van der Waals surface area contributed by atoms with Crippen LogP contribution in [0.25, 0.3) is 0 Å². The third-order valence-electron chi connectivity index (χ3n) is 3.76. The van der Waals surface area contributed by atoms with Crippen LogP contribution in [-0.4, -0.2) is 66.8 Å². The maximum absolute atomic E-state index is 11.9. The lowest BCUT2D eigenvalue weighted by Crippen LogP contribution is -2.41. The Labute approximate surface area is 123 Å². The molecule has 5 nitrogen and oxygen atoms in total. The molecule has 0 bridgehead atoms. The Kier molecular flexibility index (Phi) is 7.30. The van der Waals surface area contributed by atoms with E-state index in [1.54, 1.807) is 18.9 Å². The molecule has 20 heavy (non-hydrogen) atoms. The Bertz CT molecular complexity index is 295. The lowest BCUT2D eigenvalue weighted by Gasteiger charge is -2.21. The number of nitrogens with one attached hydrogen (secondary N) is 1. The summed E-state index contributed by atoms with van der Waals surface area (Å²) in [7, 11) is 1.78. The lowest BCUT2D eigenvalue weighted by molar-refractivity contribution is 0.163. The van der Waals surface area contributed by atoms with Crippen LogP contribution in [-0.2, 0) is 0 Å². The van der Waals surface area contributed by atoms with Gasteiger partial charge in [-0.1, -0.05) is 13.8 Å². The second-order valence-electron chi connectivity index (χ2n) is 6.55. The van der Waals surface area contributed by atoms with Gasteiger partial charge < -0.3 is 20.2 Å². The van der Waals surface area contributed by atoms with E-state index >= 15 is 0 Å². The molecule has 0 aliphatic carbocycles. The Morgan fingerprint density at radius 3 is 2.75 bits per heavy atom. The molecule has 0 saturated carbocycles. The summed E-state index contributed by atoms with van der Waals surface area (Å²) in [6, 6.07) is -0.0343. The molecular formula is C15H31N3O2. The van der Waals surface area contributed by atoms with Crippen LogP contribution in [0.15, 0.2) is 0 Å². The third-order valence-corrected chi connectivity index (χ3v) is 3.76. The second-order valence-corrected chi connectivity index (χ2v) is 6.55. The summed E-state index contributed by atoms with van der Waals surface area (Å²) in [4.78, 5) is 16.0. The number of hydrogen-bond donors (Lipinski definition) is 2. The number of aliphatic hydroxyl groups is 1. The van der Waals surface area contributed by atoms with Crippen LogP contribution < -0.4 is 5.32 Å². The molecule has 0 aromatic carbocycles. The van der Waals surface area contributed by atoms with Crippen molar-refractivity contribution in [3.05, 3.63) is 0 Å². The number of nitrogens with zero attached hydrogens (tertiary/aromatic N) is 2. The van der Waals surface area contributed by atoms with Crippen LogP contribution in [0.4, 0.5) is 4.79 Å². The number of urea groups is 1. The Hall–Kier alpha value is -0.810. The van der Waals surface area contributed by atoms with Crippen LogP contribution in [0.3, 0.4) is 0 Å². The molecule has 1 aliphatic heterocycles. The third kappa shape index (κ3) is 6.57. The maximum Gasteiger partial charge on any atom is 0.317 e. The lowest BCUT2D eigenvalue weighted by atomic mass is 10.1. The molecule has 1 fully saturated rings. The first kappa shape index (κ1) is 17.2. The number of likely N-dealkylation sites (tertiary alicyclic amines) is 1. The van der Waals surface area contributed by atoms with Gasteiger partial charge in [0.1, 0.15) is 0 Å². The SMILES string of the molecule is CC(C)CN1CCC(CNC(=O)N(C)CCC(C)O)C1. The minimum atomic E-state index is -0.357. The number of amides is 2. The fourth-order valence-electron chi connectivity index (χ4n) is 2.61. The Morgan fingerprint density at radius 2 is 2.15 bits per heavy atom. The molecule has 2 N–H and O–H groups in total. The van der Waals surface area contributed by atoms with Crippen molar-refractivity contribution in [3.63, 3.8) is 0 Å². The summed E-state index contributed by atoms with van der Waals surface area (Å²) in [5, 5.41) is 12.2. The topological polar surface area (TPSA) is 55.8 Å². The first-order chi connectivity index (χ1) is 9.38. The van der Waals surface area contributed by atoms with Gasteiger partial charge in [0.25, 0.3) is 0 Å². The molecule has 1 heterocycles. The zero-order valence-corrected chi connectivity index (χ0v) is 13.4. The van der Waals surface area contributed by atoms with Gasteiger partial charge in [0.05, 0.1) is 6.10 Å². The number of rotatable bonds is 7. The van der Waals surface area contributed by atoms with Crippen molar-refractivity contribution < 1.29 is 9.90 Å². The molecule has 0 aromatic heterocycles. The highest BCUT2D eigenvalue weighted by Crippen LogP contribution is 2.16. The zero-order valence-electron chi connectivity index (χ0n) is 13.4. The predicted octanol–water partition coefficient (Wildman–Crippen LogP) is 1.38. The summed E-state index contributed by atoms with van der Waals surface area (Å²) in [5.41, 5.74) is 0. The standard InChI is InChI=1S/C15H31N3O2/c1-12(2)10-18-8-6-14(11-18)9-16-15(20)17(4)7-5-13(3)19/h12-14,19H,5-11H2,1-4H3,(H,16,20). The van der Waals surface area contributed by atoms with Gasteiger partial charge >= 0.3 is 6.03 Å². The first-order valence-electron chi connectivity index (χ1n) is 7.77. The van der Waals surface area contributed by atoms with Gasteiger partial charge in [0.2, 0.25) is 0 Å². The van der Waals surface area contributed by atoms with Crippen LogP contribution in [0.5, 0.6) is 0 Å². The normalized spacial score (nSPS) is 21.2. The van der Waals surface area contributed by atoms with Gasteiger partial charge in [0.15, 0.2) is 0 Å². The molecule has 0 spiro atoms. The van der Waals surface area contributed by atoms with E-state index in [9.17, 15) is 9.90 Å². The highest BCUT2D eigenvalue weighted by atomic mass is 16.3. The molecule has 0 radical (unpaired) electrons. The minimum absolute atomic E-state index is 0.0343. The predicted molar refractivity (Wildman–Crippen MR) is 81.7 cm³/mol. The van der Waals surface area contributed by atoms with E-state index in [2.05, 4.69) is 24.1 Å². The molecule has 118 valence electrons. The molecule has 1 aliphatic rings.